The summed E-state index contributed by atoms with van der Waals surface area (Å²) < 4.78 is 83.4. The Morgan fingerprint density at radius 1 is 1.05 bits per heavy atom. The average molecular weight is 600 g/mol. The van der Waals surface area contributed by atoms with E-state index in [1.165, 1.54) is 79.8 Å². The molecule has 1 aliphatic heterocycles. The molecular formula is C28H17F5N4O6. The number of anilines is 1. The third kappa shape index (κ3) is 5.75. The van der Waals surface area contributed by atoms with E-state index in [1.807, 2.05) is 0 Å². The summed E-state index contributed by atoms with van der Waals surface area (Å²) in [6.07, 6.45) is -8.86. The molecule has 0 atom stereocenters. The first-order valence-corrected chi connectivity index (χ1v) is 12.1. The topological polar surface area (TPSA) is 127 Å². The lowest BCUT2D eigenvalue weighted by molar-refractivity contribution is -0.286. The van der Waals surface area contributed by atoms with Gasteiger partial charge in [0.15, 0.2) is 17.2 Å². The highest BCUT2D eigenvalue weighted by atomic mass is 19.4. The minimum atomic E-state index is -5.00. The summed E-state index contributed by atoms with van der Waals surface area (Å²) in [5, 5.41) is 22.3. The maximum atomic E-state index is 13.8. The quantitative estimate of drug-likeness (QED) is 0.270. The third-order valence-electron chi connectivity index (χ3n) is 6.25. The van der Waals surface area contributed by atoms with Crippen LogP contribution in [-0.2, 0) is 12.8 Å². The maximum absolute atomic E-state index is 13.8. The monoisotopic (exact) mass is 600 g/mol. The number of aromatic carboxylic acids is 1. The molecule has 1 N–H and O–H groups in total. The van der Waals surface area contributed by atoms with E-state index in [-0.39, 0.29) is 45.4 Å². The molecule has 0 unspecified atom stereocenters. The lowest BCUT2D eigenvalue weighted by atomic mass is 10.1. The Bertz CT molecular complexity index is 1780. The van der Waals surface area contributed by atoms with E-state index in [1.54, 1.807) is 0 Å². The molecule has 0 spiro atoms. The van der Waals surface area contributed by atoms with Crippen LogP contribution in [0.1, 0.15) is 37.7 Å². The predicted molar refractivity (Wildman–Crippen MR) is 136 cm³/mol. The van der Waals surface area contributed by atoms with E-state index >= 15 is 0 Å². The second-order valence-corrected chi connectivity index (χ2v) is 9.02. The van der Waals surface area contributed by atoms with Gasteiger partial charge in [0.25, 0.3) is 5.91 Å². The number of ether oxygens (including phenoxy) is 3. The normalized spacial score (nSPS) is 13.3. The third-order valence-corrected chi connectivity index (χ3v) is 6.25. The molecule has 0 saturated carbocycles. The number of fused-ring (bicyclic) bond motifs is 1. The molecule has 0 radical (unpaired) electrons. The maximum Gasteiger partial charge on any atom is 0.586 e. The Hall–Kier alpha value is -5.65. The van der Waals surface area contributed by atoms with Gasteiger partial charge >= 0.3 is 18.4 Å². The average Bonchev–Trinajstić information content (AvgIpc) is 3.50. The molecule has 0 bridgehead atoms. The molecule has 5 rings (SSSR count). The molecule has 10 nitrogen and oxygen atoms in total. The van der Waals surface area contributed by atoms with Crippen LogP contribution in [0, 0.1) is 11.3 Å². The first kappa shape index (κ1) is 28.9. The van der Waals surface area contributed by atoms with Crippen molar-refractivity contribution in [3.63, 3.8) is 0 Å². The number of aromatic nitrogens is 2. The number of carboxylic acid groups (broad SMARTS) is 1. The van der Waals surface area contributed by atoms with Crippen molar-refractivity contribution in [2.24, 2.45) is 0 Å². The molecule has 1 aromatic heterocycles. The molecule has 43 heavy (non-hydrogen) atoms. The Balaban J connectivity index is 1.47. The van der Waals surface area contributed by atoms with E-state index in [0.717, 1.165) is 9.58 Å². The van der Waals surface area contributed by atoms with Crippen molar-refractivity contribution < 1.29 is 50.9 Å². The highest BCUT2D eigenvalue weighted by molar-refractivity contribution is 6.06. The molecule has 2 heterocycles. The molecule has 1 amide bonds. The van der Waals surface area contributed by atoms with Crippen LogP contribution in [0.2, 0.25) is 0 Å². The Morgan fingerprint density at radius 3 is 2.40 bits per heavy atom. The van der Waals surface area contributed by atoms with Crippen LogP contribution in [-0.4, -0.2) is 40.1 Å². The Kier molecular flexibility index (Phi) is 7.14. The zero-order valence-corrected chi connectivity index (χ0v) is 21.7. The summed E-state index contributed by atoms with van der Waals surface area (Å²) in [5.41, 5.74) is -2.48. The van der Waals surface area contributed by atoms with Crippen LogP contribution in [0.15, 0.2) is 66.7 Å². The van der Waals surface area contributed by atoms with Gasteiger partial charge in [-0.2, -0.15) is 23.5 Å². The van der Waals surface area contributed by atoms with Crippen molar-refractivity contribution in [2.45, 2.75) is 19.1 Å². The number of nitrogens with zero attached hydrogens (tertiary/aromatic N) is 4. The second-order valence-electron chi connectivity index (χ2n) is 9.02. The second kappa shape index (κ2) is 10.6. The summed E-state index contributed by atoms with van der Waals surface area (Å²) in [6, 6.07) is 15.6. The standard InChI is InChI=1S/C28H17F5N4O6/c1-36(17-7-10-22-23(12-17)43-28(32,33)42-22)25(38)16-3-2-4-18(11-16)37-21(20(13-34)24(35-37)27(29,30)31)14-41-19-8-5-15(6-9-19)26(39)40/h2-12H,14H2,1H3,(H,39,40). The number of amides is 1. The fourth-order valence-corrected chi connectivity index (χ4v) is 4.19. The smallest absolute Gasteiger partial charge is 0.487 e. The van der Waals surface area contributed by atoms with Crippen molar-refractivity contribution in [2.75, 3.05) is 11.9 Å². The minimum absolute atomic E-state index is 0.0123. The van der Waals surface area contributed by atoms with Crippen molar-refractivity contribution in [3.8, 4) is 29.0 Å². The summed E-state index contributed by atoms with van der Waals surface area (Å²) in [4.78, 5) is 25.5. The number of rotatable bonds is 7. The number of halogens is 5. The fourth-order valence-electron chi connectivity index (χ4n) is 4.19. The molecule has 220 valence electrons. The van der Waals surface area contributed by atoms with Gasteiger partial charge in [0.2, 0.25) is 0 Å². The van der Waals surface area contributed by atoms with Crippen LogP contribution in [0.5, 0.6) is 17.2 Å². The molecule has 3 aromatic carbocycles. The van der Waals surface area contributed by atoms with E-state index in [4.69, 9.17) is 9.84 Å². The molecular weight excluding hydrogens is 583 g/mol. The minimum Gasteiger partial charge on any atom is -0.487 e. The Morgan fingerprint density at radius 2 is 1.74 bits per heavy atom. The zero-order chi connectivity index (χ0) is 31.1. The van der Waals surface area contributed by atoms with Crippen LogP contribution >= 0.6 is 0 Å². The van der Waals surface area contributed by atoms with Crippen LogP contribution in [0.3, 0.4) is 0 Å². The molecule has 0 aliphatic carbocycles. The van der Waals surface area contributed by atoms with E-state index < -0.39 is 42.2 Å². The molecule has 0 saturated heterocycles. The highest BCUT2D eigenvalue weighted by Gasteiger charge is 2.43. The van der Waals surface area contributed by atoms with Gasteiger partial charge in [-0.15, -0.1) is 8.78 Å². The lowest BCUT2D eigenvalue weighted by Gasteiger charge is -2.18. The summed E-state index contributed by atoms with van der Waals surface area (Å²) in [5.74, 6) is -2.25. The Labute approximate surface area is 238 Å². The number of carbonyl (C=O) groups is 2. The highest BCUT2D eigenvalue weighted by Crippen LogP contribution is 2.43. The molecule has 1 aliphatic rings. The van der Waals surface area contributed by atoms with Crippen molar-refractivity contribution in [1.29, 1.82) is 5.26 Å². The number of carboxylic acids is 1. The number of nitriles is 1. The molecule has 4 aromatic rings. The number of alkyl halides is 5. The van der Waals surface area contributed by atoms with Gasteiger partial charge in [0, 0.05) is 24.4 Å². The van der Waals surface area contributed by atoms with Gasteiger partial charge in [-0.3, -0.25) is 4.79 Å². The van der Waals surface area contributed by atoms with Gasteiger partial charge < -0.3 is 24.2 Å². The first-order valence-electron chi connectivity index (χ1n) is 12.1. The van der Waals surface area contributed by atoms with E-state index in [9.17, 15) is 36.8 Å². The number of carbonyl (C=O) groups excluding carboxylic acids is 1. The van der Waals surface area contributed by atoms with Crippen molar-refractivity contribution in [1.82, 2.24) is 9.78 Å². The lowest BCUT2D eigenvalue weighted by Crippen LogP contribution is -2.26. The molecule has 15 heteroatoms. The first-order chi connectivity index (χ1) is 20.3. The number of hydrogen-bond donors (Lipinski definition) is 1. The zero-order valence-electron chi connectivity index (χ0n) is 21.7. The van der Waals surface area contributed by atoms with Crippen molar-refractivity contribution >= 4 is 17.6 Å². The van der Waals surface area contributed by atoms with Gasteiger partial charge in [0.1, 0.15) is 29.7 Å². The van der Waals surface area contributed by atoms with Gasteiger partial charge in [-0.1, -0.05) is 6.07 Å². The fraction of sp³-hybridized carbons (Fsp3) is 0.143. The van der Waals surface area contributed by atoms with Crippen LogP contribution < -0.4 is 19.1 Å². The SMILES string of the molecule is CN(C(=O)c1cccc(-n2nc(C(F)(F)F)c(C#N)c2COc2ccc(C(=O)O)cc2)c1)c1ccc2c(c1)OC(F)(F)O2. The van der Waals surface area contributed by atoms with Gasteiger partial charge in [-0.25, -0.2) is 9.48 Å². The predicted octanol–water partition coefficient (Wildman–Crippen LogP) is 5.64. The van der Waals surface area contributed by atoms with E-state index in [2.05, 4.69) is 14.6 Å². The largest absolute Gasteiger partial charge is 0.586 e. The van der Waals surface area contributed by atoms with E-state index in [0.29, 0.717) is 0 Å². The van der Waals surface area contributed by atoms with Crippen LogP contribution in [0.4, 0.5) is 27.6 Å². The van der Waals surface area contributed by atoms with Crippen molar-refractivity contribution in [3.05, 3.63) is 94.8 Å². The van der Waals surface area contributed by atoms with Gasteiger partial charge in [0.05, 0.1) is 11.3 Å². The van der Waals surface area contributed by atoms with Gasteiger partial charge in [-0.05, 0) is 54.6 Å². The number of benzene rings is 3. The summed E-state index contributed by atoms with van der Waals surface area (Å²) in [7, 11) is 1.35. The van der Waals surface area contributed by atoms with Crippen LogP contribution in [0.25, 0.3) is 5.69 Å². The number of hydrogen-bond acceptors (Lipinski definition) is 7. The summed E-state index contributed by atoms with van der Waals surface area (Å²) >= 11 is 0. The molecule has 0 fully saturated rings. The summed E-state index contributed by atoms with van der Waals surface area (Å²) in [6.45, 7) is -0.571.